The number of benzene rings is 2. The van der Waals surface area contributed by atoms with Gasteiger partial charge in [0.2, 0.25) is 5.96 Å². The predicted molar refractivity (Wildman–Crippen MR) is 142 cm³/mol. The minimum Gasteiger partial charge on any atom is -0.305 e. The quantitative estimate of drug-likeness (QED) is 0.361. The normalized spacial score (nSPS) is 15.9. The average Bonchev–Trinajstić information content (AvgIpc) is 3.44. The van der Waals surface area contributed by atoms with E-state index in [0.29, 0.717) is 41.9 Å². The molecule has 192 valence electrons. The third-order valence-electron chi connectivity index (χ3n) is 6.87. The Hall–Kier alpha value is -4.40. The van der Waals surface area contributed by atoms with E-state index in [0.717, 1.165) is 22.8 Å². The van der Waals surface area contributed by atoms with Crippen molar-refractivity contribution in [3.05, 3.63) is 89.9 Å². The van der Waals surface area contributed by atoms with E-state index in [1.807, 2.05) is 66.6 Å². The first-order valence-corrected chi connectivity index (χ1v) is 12.5. The van der Waals surface area contributed by atoms with Crippen LogP contribution in [0.2, 0.25) is 0 Å². The van der Waals surface area contributed by atoms with Gasteiger partial charge in [0.25, 0.3) is 5.91 Å². The van der Waals surface area contributed by atoms with Gasteiger partial charge in [-0.3, -0.25) is 19.6 Å². The summed E-state index contributed by atoms with van der Waals surface area (Å²) in [5.41, 5.74) is 3.31. The molecule has 0 atom stereocenters. The minimum atomic E-state index is -0.919. The van der Waals surface area contributed by atoms with Crippen molar-refractivity contribution in [2.45, 2.75) is 32.9 Å². The van der Waals surface area contributed by atoms with Gasteiger partial charge < -0.3 is 4.57 Å². The highest BCUT2D eigenvalue weighted by Gasteiger charge is 2.45. The molecule has 0 saturated carbocycles. The molecule has 0 fully saturated rings. The van der Waals surface area contributed by atoms with E-state index < -0.39 is 17.2 Å². The van der Waals surface area contributed by atoms with Gasteiger partial charge in [0.05, 0.1) is 18.6 Å². The van der Waals surface area contributed by atoms with E-state index in [-0.39, 0.29) is 12.5 Å². The first kappa shape index (κ1) is 24.0. The molecule has 0 radical (unpaired) electrons. The van der Waals surface area contributed by atoms with Gasteiger partial charge in [-0.15, -0.1) is 0 Å². The highest BCUT2D eigenvalue weighted by molar-refractivity contribution is 6.18. The highest BCUT2D eigenvalue weighted by Crippen LogP contribution is 2.39. The van der Waals surface area contributed by atoms with Gasteiger partial charge in [0.15, 0.2) is 17.3 Å². The van der Waals surface area contributed by atoms with Crippen LogP contribution in [0.25, 0.3) is 22.5 Å². The molecule has 2 aliphatic heterocycles. The molecule has 0 unspecified atom stereocenters. The van der Waals surface area contributed by atoms with Crippen molar-refractivity contribution in [1.82, 2.24) is 19.4 Å². The zero-order valence-electron chi connectivity index (χ0n) is 21.3. The SMILES string of the molecule is CCN1C(=O)c2nc(-c3ccc(-c4ccncc4)cc3)n(Cc3ccc(F)c(F)c3)c2N2CC(C)(C)N=C12. The van der Waals surface area contributed by atoms with Crippen molar-refractivity contribution in [3.8, 4) is 22.5 Å². The first-order valence-electron chi connectivity index (χ1n) is 12.5. The number of fused-ring (bicyclic) bond motifs is 3. The van der Waals surface area contributed by atoms with E-state index in [1.54, 1.807) is 23.4 Å². The van der Waals surface area contributed by atoms with Crippen LogP contribution in [0.15, 0.2) is 72.0 Å². The van der Waals surface area contributed by atoms with Crippen LogP contribution in [-0.4, -0.2) is 49.9 Å². The molecule has 2 aromatic heterocycles. The second-order valence-corrected chi connectivity index (χ2v) is 10.1. The van der Waals surface area contributed by atoms with E-state index in [2.05, 4.69) is 4.98 Å². The molecule has 0 bridgehead atoms. The van der Waals surface area contributed by atoms with Crippen molar-refractivity contribution in [2.24, 2.45) is 4.99 Å². The van der Waals surface area contributed by atoms with E-state index in [1.165, 1.54) is 6.07 Å². The van der Waals surface area contributed by atoms with Crippen molar-refractivity contribution in [2.75, 3.05) is 18.0 Å². The standard InChI is InChI=1S/C29H26F2N6O/c1-4-35-27(38)24-26(37-17-29(2,3)34-28(35)37)36(16-18-5-10-22(30)23(31)15-18)25(33-24)21-8-6-19(7-9-21)20-11-13-32-14-12-20/h5-15H,4,16-17H2,1-3H3. The molecule has 1 amide bonds. The molecule has 0 saturated heterocycles. The number of carbonyl (C=O) groups excluding carboxylic acids is 1. The largest absolute Gasteiger partial charge is 0.305 e. The fraction of sp³-hybridized carbons (Fsp3) is 0.241. The van der Waals surface area contributed by atoms with Gasteiger partial charge in [-0.1, -0.05) is 30.3 Å². The fourth-order valence-electron chi connectivity index (χ4n) is 5.11. The molecular formula is C29H26F2N6O. The summed E-state index contributed by atoms with van der Waals surface area (Å²) in [6, 6.07) is 15.6. The summed E-state index contributed by atoms with van der Waals surface area (Å²) in [4.78, 5) is 31.0. The van der Waals surface area contributed by atoms with E-state index >= 15 is 0 Å². The van der Waals surface area contributed by atoms with Gasteiger partial charge in [-0.05, 0) is 61.7 Å². The number of nitrogens with zero attached hydrogens (tertiary/aromatic N) is 6. The smallest absolute Gasteiger partial charge is 0.283 e. The number of carbonyl (C=O) groups is 1. The van der Waals surface area contributed by atoms with Gasteiger partial charge in [-0.25, -0.2) is 18.8 Å². The van der Waals surface area contributed by atoms with Crippen molar-refractivity contribution >= 4 is 17.7 Å². The lowest BCUT2D eigenvalue weighted by molar-refractivity contribution is 0.0841. The molecule has 6 rings (SSSR count). The Morgan fingerprint density at radius 3 is 2.29 bits per heavy atom. The summed E-state index contributed by atoms with van der Waals surface area (Å²) >= 11 is 0. The van der Waals surface area contributed by atoms with E-state index in [4.69, 9.17) is 9.98 Å². The fourth-order valence-corrected chi connectivity index (χ4v) is 5.11. The maximum Gasteiger partial charge on any atom is 0.283 e. The molecule has 4 aromatic rings. The van der Waals surface area contributed by atoms with Crippen LogP contribution in [-0.2, 0) is 6.54 Å². The number of amides is 1. The molecule has 0 aliphatic carbocycles. The van der Waals surface area contributed by atoms with Gasteiger partial charge in [0, 0.05) is 24.5 Å². The van der Waals surface area contributed by atoms with Crippen LogP contribution in [0.4, 0.5) is 14.6 Å². The summed E-state index contributed by atoms with van der Waals surface area (Å²) in [6.45, 7) is 7.16. The van der Waals surface area contributed by atoms with Gasteiger partial charge in [-0.2, -0.15) is 0 Å². The third kappa shape index (κ3) is 3.95. The lowest BCUT2D eigenvalue weighted by atomic mass is 10.0. The van der Waals surface area contributed by atoms with Gasteiger partial charge >= 0.3 is 0 Å². The molecule has 4 heterocycles. The van der Waals surface area contributed by atoms with E-state index in [9.17, 15) is 13.6 Å². The zero-order chi connectivity index (χ0) is 26.6. The van der Waals surface area contributed by atoms with Crippen LogP contribution in [0.1, 0.15) is 36.8 Å². The number of aliphatic imine (C=N–C) groups is 1. The van der Waals surface area contributed by atoms with Crippen LogP contribution in [0, 0.1) is 11.6 Å². The summed E-state index contributed by atoms with van der Waals surface area (Å²) in [6.07, 6.45) is 3.49. The molecule has 38 heavy (non-hydrogen) atoms. The molecule has 0 N–H and O–H groups in total. The number of guanidine groups is 1. The maximum atomic E-state index is 14.2. The molecular weight excluding hydrogens is 486 g/mol. The number of pyridine rings is 1. The number of imidazole rings is 1. The maximum absolute atomic E-state index is 14.2. The number of anilines is 1. The average molecular weight is 513 g/mol. The zero-order valence-corrected chi connectivity index (χ0v) is 21.3. The Balaban J connectivity index is 1.52. The Bertz CT molecular complexity index is 1580. The van der Waals surface area contributed by atoms with Crippen molar-refractivity contribution in [1.29, 1.82) is 0 Å². The van der Waals surface area contributed by atoms with Crippen LogP contribution in [0.3, 0.4) is 0 Å². The summed E-state index contributed by atoms with van der Waals surface area (Å²) in [5, 5.41) is 0. The second-order valence-electron chi connectivity index (χ2n) is 10.1. The Morgan fingerprint density at radius 2 is 1.61 bits per heavy atom. The lowest BCUT2D eigenvalue weighted by Gasteiger charge is -2.34. The summed E-state index contributed by atoms with van der Waals surface area (Å²) in [5.74, 6) is -0.288. The van der Waals surface area contributed by atoms with Crippen molar-refractivity contribution < 1.29 is 13.6 Å². The second kappa shape index (κ2) is 8.86. The minimum absolute atomic E-state index is 0.199. The number of aromatic nitrogens is 3. The molecule has 9 heteroatoms. The number of halogens is 2. The molecule has 0 spiro atoms. The van der Waals surface area contributed by atoms with Crippen LogP contribution < -0.4 is 4.90 Å². The predicted octanol–water partition coefficient (Wildman–Crippen LogP) is 5.37. The first-order chi connectivity index (χ1) is 18.3. The highest BCUT2D eigenvalue weighted by atomic mass is 19.2. The lowest BCUT2D eigenvalue weighted by Crippen LogP contribution is -2.51. The number of hydrogen-bond acceptors (Lipinski definition) is 5. The van der Waals surface area contributed by atoms with Gasteiger partial charge in [0.1, 0.15) is 11.6 Å². The Labute approximate surface area is 219 Å². The number of hydrogen-bond donors (Lipinski definition) is 0. The molecule has 2 aliphatic rings. The Kier molecular flexibility index (Phi) is 5.59. The summed E-state index contributed by atoms with van der Waals surface area (Å²) < 4.78 is 29.8. The van der Waals surface area contributed by atoms with Crippen LogP contribution >= 0.6 is 0 Å². The topological polar surface area (TPSA) is 66.6 Å². The summed E-state index contributed by atoms with van der Waals surface area (Å²) in [7, 11) is 0. The monoisotopic (exact) mass is 512 g/mol. The third-order valence-corrected chi connectivity index (χ3v) is 6.87. The Morgan fingerprint density at radius 1 is 0.921 bits per heavy atom. The number of rotatable bonds is 5. The van der Waals surface area contributed by atoms with Crippen molar-refractivity contribution in [3.63, 3.8) is 0 Å². The molecule has 2 aromatic carbocycles. The molecule has 7 nitrogen and oxygen atoms in total. The van der Waals surface area contributed by atoms with Crippen LogP contribution in [0.5, 0.6) is 0 Å².